The van der Waals surface area contributed by atoms with E-state index in [-0.39, 0.29) is 23.4 Å². The second-order valence-electron chi connectivity index (χ2n) is 3.64. The van der Waals surface area contributed by atoms with Crippen molar-refractivity contribution in [1.82, 2.24) is 10.2 Å². The largest absolute Gasteiger partial charge is 0.398 e. The van der Waals surface area contributed by atoms with E-state index in [1.54, 1.807) is 12.1 Å². The zero-order valence-corrected chi connectivity index (χ0v) is 9.19. The van der Waals surface area contributed by atoms with Gasteiger partial charge < -0.3 is 11.1 Å². The van der Waals surface area contributed by atoms with E-state index < -0.39 is 17.7 Å². The Kier molecular flexibility index (Phi) is 2.55. The molecular weight excluding hydrogens is 222 g/mol. The van der Waals surface area contributed by atoms with Crippen LogP contribution in [0.5, 0.6) is 0 Å². The molecule has 0 bridgehead atoms. The van der Waals surface area contributed by atoms with Gasteiger partial charge in [-0.3, -0.25) is 19.3 Å². The maximum absolute atomic E-state index is 11.9. The van der Waals surface area contributed by atoms with E-state index in [1.165, 1.54) is 13.1 Å². The summed E-state index contributed by atoms with van der Waals surface area (Å²) in [6.07, 6.45) is 0. The molecule has 1 aliphatic heterocycles. The van der Waals surface area contributed by atoms with Crippen molar-refractivity contribution in [3.8, 4) is 0 Å². The number of amides is 3. The van der Waals surface area contributed by atoms with Crippen molar-refractivity contribution in [3.05, 3.63) is 29.3 Å². The molecule has 17 heavy (non-hydrogen) atoms. The van der Waals surface area contributed by atoms with E-state index in [4.69, 9.17) is 5.73 Å². The Balaban J connectivity index is 2.39. The fourth-order valence-electron chi connectivity index (χ4n) is 1.73. The number of hydrogen-bond acceptors (Lipinski definition) is 4. The molecule has 0 radical (unpaired) electrons. The molecule has 0 spiro atoms. The second kappa shape index (κ2) is 3.89. The first-order valence-electron chi connectivity index (χ1n) is 5.01. The standard InChI is InChI=1S/C11H11N3O3/c1-13-8(15)5-14-10(16)6-3-2-4-7(12)9(6)11(14)17/h2-4H,5,12H2,1H3,(H,13,15). The molecule has 1 aliphatic rings. The zero-order chi connectivity index (χ0) is 12.6. The van der Waals surface area contributed by atoms with Crippen molar-refractivity contribution < 1.29 is 14.4 Å². The molecule has 0 aromatic heterocycles. The Morgan fingerprint density at radius 3 is 2.65 bits per heavy atom. The SMILES string of the molecule is CNC(=O)CN1C(=O)c2cccc(N)c2C1=O. The minimum absolute atomic E-state index is 0.182. The van der Waals surface area contributed by atoms with Crippen LogP contribution in [0.25, 0.3) is 0 Å². The topological polar surface area (TPSA) is 92.5 Å². The highest BCUT2D eigenvalue weighted by Gasteiger charge is 2.37. The molecule has 0 saturated carbocycles. The average Bonchev–Trinajstić information content (AvgIpc) is 2.55. The molecule has 1 heterocycles. The van der Waals surface area contributed by atoms with Gasteiger partial charge in [0.05, 0.1) is 11.1 Å². The molecule has 88 valence electrons. The van der Waals surface area contributed by atoms with Crippen LogP contribution in [-0.4, -0.2) is 36.2 Å². The summed E-state index contributed by atoms with van der Waals surface area (Å²) in [5.74, 6) is -1.41. The van der Waals surface area contributed by atoms with Crippen LogP contribution in [0, 0.1) is 0 Å². The number of fused-ring (bicyclic) bond motifs is 1. The predicted octanol–water partition coefficient (Wildman–Crippen LogP) is -0.389. The minimum atomic E-state index is -0.522. The summed E-state index contributed by atoms with van der Waals surface area (Å²) in [7, 11) is 1.44. The predicted molar refractivity (Wildman–Crippen MR) is 60.3 cm³/mol. The summed E-state index contributed by atoms with van der Waals surface area (Å²) in [5.41, 5.74) is 6.33. The van der Waals surface area contributed by atoms with Crippen LogP contribution in [0.3, 0.4) is 0 Å². The van der Waals surface area contributed by atoms with Gasteiger partial charge in [-0.05, 0) is 12.1 Å². The molecule has 1 aromatic carbocycles. The molecule has 6 heteroatoms. The Hall–Kier alpha value is -2.37. The maximum Gasteiger partial charge on any atom is 0.264 e. The van der Waals surface area contributed by atoms with E-state index in [0.717, 1.165) is 4.90 Å². The van der Waals surface area contributed by atoms with Gasteiger partial charge in [-0.2, -0.15) is 0 Å². The lowest BCUT2D eigenvalue weighted by atomic mass is 10.1. The Labute approximate surface area is 97.4 Å². The number of nitrogens with zero attached hydrogens (tertiary/aromatic N) is 1. The van der Waals surface area contributed by atoms with Gasteiger partial charge >= 0.3 is 0 Å². The van der Waals surface area contributed by atoms with E-state index in [0.29, 0.717) is 0 Å². The van der Waals surface area contributed by atoms with Crippen molar-refractivity contribution in [2.45, 2.75) is 0 Å². The van der Waals surface area contributed by atoms with Crippen LogP contribution in [0.1, 0.15) is 20.7 Å². The summed E-state index contributed by atoms with van der Waals surface area (Å²) in [6.45, 7) is -0.289. The van der Waals surface area contributed by atoms with Crippen LogP contribution in [0.4, 0.5) is 5.69 Å². The lowest BCUT2D eigenvalue weighted by Crippen LogP contribution is -2.39. The number of nitrogens with one attached hydrogen (secondary N) is 1. The summed E-state index contributed by atoms with van der Waals surface area (Å²) < 4.78 is 0. The van der Waals surface area contributed by atoms with Gasteiger partial charge in [-0.15, -0.1) is 0 Å². The van der Waals surface area contributed by atoms with Crippen molar-refractivity contribution in [1.29, 1.82) is 0 Å². The van der Waals surface area contributed by atoms with E-state index in [9.17, 15) is 14.4 Å². The molecule has 0 unspecified atom stereocenters. The van der Waals surface area contributed by atoms with Gasteiger partial charge in [0.1, 0.15) is 6.54 Å². The van der Waals surface area contributed by atoms with Crippen LogP contribution in [0.15, 0.2) is 18.2 Å². The van der Waals surface area contributed by atoms with Crippen molar-refractivity contribution in [3.63, 3.8) is 0 Å². The molecule has 3 N–H and O–H groups in total. The monoisotopic (exact) mass is 233 g/mol. The molecule has 2 rings (SSSR count). The number of imide groups is 1. The number of hydrogen-bond donors (Lipinski definition) is 2. The number of carbonyl (C=O) groups excluding carboxylic acids is 3. The zero-order valence-electron chi connectivity index (χ0n) is 9.19. The maximum atomic E-state index is 11.9. The summed E-state index contributed by atoms with van der Waals surface area (Å²) in [5, 5.41) is 2.36. The fraction of sp³-hybridized carbons (Fsp3) is 0.182. The Morgan fingerprint density at radius 2 is 2.06 bits per heavy atom. The third-order valence-corrected chi connectivity index (χ3v) is 2.61. The first kappa shape index (κ1) is 11.1. The van der Waals surface area contributed by atoms with Crippen LogP contribution in [-0.2, 0) is 4.79 Å². The third-order valence-electron chi connectivity index (χ3n) is 2.61. The number of nitrogen functional groups attached to an aromatic ring is 1. The average molecular weight is 233 g/mol. The highest BCUT2D eigenvalue weighted by Crippen LogP contribution is 2.27. The fourth-order valence-corrected chi connectivity index (χ4v) is 1.73. The van der Waals surface area contributed by atoms with Gasteiger partial charge in [0.15, 0.2) is 0 Å². The minimum Gasteiger partial charge on any atom is -0.398 e. The van der Waals surface area contributed by atoms with Crippen LogP contribution >= 0.6 is 0 Å². The number of nitrogens with two attached hydrogens (primary N) is 1. The van der Waals surface area contributed by atoms with Crippen molar-refractivity contribution in [2.24, 2.45) is 0 Å². The third kappa shape index (κ3) is 1.63. The molecule has 0 aliphatic carbocycles. The molecule has 0 atom stereocenters. The van der Waals surface area contributed by atoms with Gasteiger partial charge in [-0.1, -0.05) is 6.07 Å². The van der Waals surface area contributed by atoms with Gasteiger partial charge in [0, 0.05) is 12.7 Å². The smallest absolute Gasteiger partial charge is 0.264 e. The molecule has 0 fully saturated rings. The second-order valence-corrected chi connectivity index (χ2v) is 3.64. The first-order valence-corrected chi connectivity index (χ1v) is 5.01. The number of rotatable bonds is 2. The highest BCUT2D eigenvalue weighted by atomic mass is 16.2. The lowest BCUT2D eigenvalue weighted by molar-refractivity contribution is -0.120. The first-order chi connectivity index (χ1) is 8.06. The highest BCUT2D eigenvalue weighted by molar-refractivity contribution is 6.24. The van der Waals surface area contributed by atoms with Crippen LogP contribution < -0.4 is 11.1 Å². The van der Waals surface area contributed by atoms with Crippen molar-refractivity contribution >= 4 is 23.4 Å². The number of benzene rings is 1. The normalized spacial score (nSPS) is 13.8. The molecule has 6 nitrogen and oxygen atoms in total. The van der Waals surface area contributed by atoms with Gasteiger partial charge in [-0.25, -0.2) is 0 Å². The molecule has 1 aromatic rings. The quantitative estimate of drug-likeness (QED) is 0.537. The number of likely N-dealkylation sites (N-methyl/N-ethyl adjacent to an activating group) is 1. The number of carbonyl (C=O) groups is 3. The van der Waals surface area contributed by atoms with Crippen molar-refractivity contribution in [2.75, 3.05) is 19.3 Å². The Morgan fingerprint density at radius 1 is 1.35 bits per heavy atom. The molecule has 0 saturated heterocycles. The summed E-state index contributed by atoms with van der Waals surface area (Å²) >= 11 is 0. The van der Waals surface area contributed by atoms with Gasteiger partial charge in [0.25, 0.3) is 11.8 Å². The van der Waals surface area contributed by atoms with E-state index >= 15 is 0 Å². The van der Waals surface area contributed by atoms with E-state index in [1.807, 2.05) is 0 Å². The molecular formula is C11H11N3O3. The van der Waals surface area contributed by atoms with E-state index in [2.05, 4.69) is 5.32 Å². The summed E-state index contributed by atoms with van der Waals surface area (Å²) in [4.78, 5) is 35.9. The van der Waals surface area contributed by atoms with Crippen LogP contribution in [0.2, 0.25) is 0 Å². The molecule has 3 amide bonds. The van der Waals surface area contributed by atoms with Gasteiger partial charge in [0.2, 0.25) is 5.91 Å². The lowest BCUT2D eigenvalue weighted by Gasteiger charge is -2.11. The Bertz CT molecular complexity index is 525. The number of anilines is 1. The summed E-state index contributed by atoms with van der Waals surface area (Å²) in [6, 6.07) is 4.67.